The summed E-state index contributed by atoms with van der Waals surface area (Å²) in [5, 5.41) is 8.79. The number of alkyl carbamates (subject to hydrolysis) is 1. The number of allylic oxidation sites excluding steroid dienone is 5. The van der Waals surface area contributed by atoms with Crippen LogP contribution in [0.3, 0.4) is 0 Å². The maximum Gasteiger partial charge on any atom is 0.412 e. The molecule has 0 unspecified atom stereocenters. The summed E-state index contributed by atoms with van der Waals surface area (Å²) in [4.78, 5) is 20.6. The lowest BCUT2D eigenvalue weighted by Gasteiger charge is -2.25. The molecule has 1 amide bonds. The van der Waals surface area contributed by atoms with Gasteiger partial charge in [-0.2, -0.15) is 4.98 Å². The average Bonchev–Trinajstić information content (AvgIpc) is 2.85. The summed E-state index contributed by atoms with van der Waals surface area (Å²) < 4.78 is 36.1. The van der Waals surface area contributed by atoms with Crippen molar-refractivity contribution in [2.75, 3.05) is 24.9 Å². The number of fused-ring (bicyclic) bond motifs is 1. The minimum atomic E-state index is -0.645. The molecule has 11 heteroatoms. The first kappa shape index (κ1) is 25.5. The highest BCUT2D eigenvalue weighted by atomic mass is 19.1. The first-order valence-corrected chi connectivity index (χ1v) is 11.4. The van der Waals surface area contributed by atoms with Gasteiger partial charge in [0.15, 0.2) is 11.6 Å². The maximum atomic E-state index is 14.6. The van der Waals surface area contributed by atoms with E-state index in [4.69, 9.17) is 18.9 Å². The number of ether oxygens (including phenoxy) is 4. The summed E-state index contributed by atoms with van der Waals surface area (Å²) in [5.74, 6) is 1.23. The fraction of sp³-hybridized carbons (Fsp3) is 0.269. The molecule has 0 saturated heterocycles. The van der Waals surface area contributed by atoms with Crippen molar-refractivity contribution in [2.24, 2.45) is 0 Å². The number of carbonyl (C=O) groups excluding carboxylic acids is 1. The quantitative estimate of drug-likeness (QED) is 0.458. The first-order valence-electron chi connectivity index (χ1n) is 11.4. The van der Waals surface area contributed by atoms with Crippen LogP contribution >= 0.6 is 0 Å². The number of carbonyl (C=O) groups is 1. The van der Waals surface area contributed by atoms with E-state index in [0.29, 0.717) is 46.3 Å². The molecule has 0 bridgehead atoms. The van der Waals surface area contributed by atoms with Crippen molar-refractivity contribution in [3.8, 4) is 11.5 Å². The van der Waals surface area contributed by atoms with Crippen molar-refractivity contribution < 1.29 is 28.1 Å². The average molecular weight is 510 g/mol. The largest absolute Gasteiger partial charge is 0.497 e. The van der Waals surface area contributed by atoms with Crippen LogP contribution in [-0.2, 0) is 9.47 Å². The van der Waals surface area contributed by atoms with Crippen LogP contribution in [0, 0.1) is 5.82 Å². The van der Waals surface area contributed by atoms with E-state index < -0.39 is 17.5 Å². The van der Waals surface area contributed by atoms with Gasteiger partial charge < -0.3 is 29.6 Å². The van der Waals surface area contributed by atoms with E-state index in [-0.39, 0.29) is 11.8 Å². The Morgan fingerprint density at radius 3 is 2.49 bits per heavy atom. The van der Waals surface area contributed by atoms with Gasteiger partial charge in [-0.25, -0.2) is 14.2 Å². The summed E-state index contributed by atoms with van der Waals surface area (Å²) >= 11 is 0. The van der Waals surface area contributed by atoms with Gasteiger partial charge in [-0.1, -0.05) is 0 Å². The van der Waals surface area contributed by atoms with Crippen LogP contribution < -0.4 is 25.4 Å². The monoisotopic (exact) mass is 509 g/mol. The molecular formula is C26H28FN5O5. The van der Waals surface area contributed by atoms with Gasteiger partial charge in [0, 0.05) is 41.6 Å². The molecule has 2 aromatic rings. The second-order valence-electron chi connectivity index (χ2n) is 9.08. The molecule has 2 aliphatic rings. The molecule has 1 aliphatic heterocycles. The zero-order chi connectivity index (χ0) is 26.6. The number of halogens is 1. The lowest BCUT2D eigenvalue weighted by molar-refractivity contribution is 0.0546. The fourth-order valence-corrected chi connectivity index (χ4v) is 3.52. The Bertz CT molecular complexity index is 1300. The highest BCUT2D eigenvalue weighted by Gasteiger charge is 2.24. The third kappa shape index (κ3) is 6.57. The Morgan fingerprint density at radius 2 is 1.81 bits per heavy atom. The Labute approximate surface area is 213 Å². The van der Waals surface area contributed by atoms with Gasteiger partial charge in [0.1, 0.15) is 22.9 Å². The first-order chi connectivity index (χ1) is 17.6. The van der Waals surface area contributed by atoms with Crippen LogP contribution in [0.1, 0.15) is 27.2 Å². The predicted molar refractivity (Wildman–Crippen MR) is 136 cm³/mol. The molecule has 4 rings (SSSR count). The van der Waals surface area contributed by atoms with Crippen molar-refractivity contribution in [3.05, 3.63) is 77.4 Å². The van der Waals surface area contributed by atoms with Gasteiger partial charge in [-0.15, -0.1) is 0 Å². The van der Waals surface area contributed by atoms with Crippen LogP contribution in [0.4, 0.5) is 26.6 Å². The topological polar surface area (TPSA) is 116 Å². The second kappa shape index (κ2) is 10.6. The Kier molecular flexibility index (Phi) is 7.32. The molecule has 1 aromatic heterocycles. The number of aromatic nitrogens is 2. The van der Waals surface area contributed by atoms with E-state index in [1.54, 1.807) is 71.4 Å². The van der Waals surface area contributed by atoms with Gasteiger partial charge in [-0.3, -0.25) is 5.32 Å². The van der Waals surface area contributed by atoms with E-state index in [1.807, 2.05) is 0 Å². The molecule has 0 radical (unpaired) electrons. The van der Waals surface area contributed by atoms with Gasteiger partial charge in [0.25, 0.3) is 0 Å². The molecular weight excluding hydrogens is 481 g/mol. The summed E-state index contributed by atoms with van der Waals surface area (Å²) in [6.45, 7) is 5.35. The second-order valence-corrected chi connectivity index (χ2v) is 9.08. The molecule has 1 aliphatic carbocycles. The molecule has 2 heterocycles. The Hall–Kier alpha value is -4.54. The highest BCUT2D eigenvalue weighted by molar-refractivity contribution is 5.72. The molecule has 1 aromatic carbocycles. The Balaban J connectivity index is 1.52. The number of hydrogen-bond donors (Lipinski definition) is 3. The summed E-state index contributed by atoms with van der Waals surface area (Å²) in [7, 11) is 3.09. The van der Waals surface area contributed by atoms with E-state index in [0.717, 1.165) is 6.20 Å². The smallest absolute Gasteiger partial charge is 0.412 e. The van der Waals surface area contributed by atoms with E-state index >= 15 is 0 Å². The molecule has 37 heavy (non-hydrogen) atoms. The number of benzene rings is 1. The van der Waals surface area contributed by atoms with Crippen LogP contribution in [-0.4, -0.2) is 35.9 Å². The predicted octanol–water partition coefficient (Wildman–Crippen LogP) is 5.28. The summed E-state index contributed by atoms with van der Waals surface area (Å²) in [5.41, 5.74) is 1.82. The van der Waals surface area contributed by atoms with E-state index in [1.165, 1.54) is 6.26 Å². The number of rotatable bonds is 7. The van der Waals surface area contributed by atoms with E-state index in [9.17, 15) is 9.18 Å². The van der Waals surface area contributed by atoms with Crippen molar-refractivity contribution in [2.45, 2.75) is 32.8 Å². The van der Waals surface area contributed by atoms with Crippen molar-refractivity contribution in [1.29, 1.82) is 0 Å². The summed E-state index contributed by atoms with van der Waals surface area (Å²) in [6, 6.07) is 5.20. The number of anilines is 3. The van der Waals surface area contributed by atoms with Crippen molar-refractivity contribution in [3.63, 3.8) is 0 Å². The molecule has 0 spiro atoms. The molecule has 0 saturated carbocycles. The lowest BCUT2D eigenvalue weighted by atomic mass is 9.99. The third-order valence-electron chi connectivity index (χ3n) is 5.12. The van der Waals surface area contributed by atoms with E-state index in [2.05, 4.69) is 25.9 Å². The van der Waals surface area contributed by atoms with Crippen LogP contribution in [0.15, 0.2) is 71.6 Å². The SMILES string of the molecule is COc1cc(Nc2ncc(F)c(NC3=CC=C4OC=CC(NC(=O)OC(C)(C)C)=C4C3)n2)cc(OC)c1. The number of nitrogens with zero attached hydrogens (tertiary/aromatic N) is 2. The zero-order valence-corrected chi connectivity index (χ0v) is 21.1. The van der Waals surface area contributed by atoms with Gasteiger partial charge in [-0.05, 0) is 39.0 Å². The molecule has 194 valence electrons. The molecule has 0 fully saturated rings. The minimum Gasteiger partial charge on any atom is -0.497 e. The van der Waals surface area contributed by atoms with Gasteiger partial charge >= 0.3 is 6.09 Å². The lowest BCUT2D eigenvalue weighted by Crippen LogP contribution is -2.33. The molecule has 10 nitrogen and oxygen atoms in total. The van der Waals surface area contributed by atoms with Crippen molar-refractivity contribution in [1.82, 2.24) is 15.3 Å². The molecule has 3 N–H and O–H groups in total. The maximum absolute atomic E-state index is 14.6. The van der Waals surface area contributed by atoms with Gasteiger partial charge in [0.2, 0.25) is 5.95 Å². The third-order valence-corrected chi connectivity index (χ3v) is 5.12. The highest BCUT2D eigenvalue weighted by Crippen LogP contribution is 2.32. The number of nitrogens with one attached hydrogen (secondary N) is 3. The standard InChI is InChI=1S/C26H28FN5O5/c1-26(2,3)37-25(33)31-21-8-9-36-22-7-6-15(12-19(21)22)29-23-20(27)14-28-24(32-23)30-16-10-17(34-4)13-18(11-16)35-5/h6-11,13-14H,12H2,1-5H3,(H,31,33)(H2,28,29,30,32). The van der Waals surface area contributed by atoms with Crippen LogP contribution in [0.2, 0.25) is 0 Å². The number of methoxy groups -OCH3 is 2. The number of amides is 1. The molecule has 0 atom stereocenters. The number of hydrogen-bond acceptors (Lipinski definition) is 9. The normalized spacial score (nSPS) is 14.5. The van der Waals surface area contributed by atoms with Gasteiger partial charge in [0.05, 0.1) is 32.4 Å². The summed E-state index contributed by atoms with van der Waals surface area (Å²) in [6.07, 6.45) is 7.39. The fourth-order valence-electron chi connectivity index (χ4n) is 3.52. The van der Waals surface area contributed by atoms with Crippen LogP contribution in [0.5, 0.6) is 11.5 Å². The Morgan fingerprint density at radius 1 is 1.08 bits per heavy atom. The van der Waals surface area contributed by atoms with Crippen LogP contribution in [0.25, 0.3) is 0 Å². The van der Waals surface area contributed by atoms with Crippen molar-refractivity contribution >= 4 is 23.5 Å². The zero-order valence-electron chi connectivity index (χ0n) is 21.1. The minimum absolute atomic E-state index is 0.0232.